The van der Waals surface area contributed by atoms with Crippen molar-refractivity contribution in [1.82, 2.24) is 24.3 Å². The minimum absolute atomic E-state index is 0.0212. The fourth-order valence-corrected chi connectivity index (χ4v) is 5.32. The number of nitrogens with zero attached hydrogens (tertiary/aromatic N) is 6. The van der Waals surface area contributed by atoms with E-state index in [1.165, 1.54) is 69.0 Å². The number of anilines is 1. The molecule has 5 rings (SSSR count). The van der Waals surface area contributed by atoms with Crippen LogP contribution in [-0.4, -0.2) is 36.0 Å². The maximum Gasteiger partial charge on any atom is 0.290 e. The molecule has 5 aromatic heterocycles. The second kappa shape index (κ2) is 10.9. The van der Waals surface area contributed by atoms with Crippen LogP contribution in [0.5, 0.6) is 0 Å². The molecule has 0 unspecified atom stereocenters. The summed E-state index contributed by atoms with van der Waals surface area (Å²) in [6, 6.07) is 12.0. The van der Waals surface area contributed by atoms with Gasteiger partial charge in [0.15, 0.2) is 5.78 Å². The number of hydrogen-bond acceptors (Lipinski definition) is 10. The van der Waals surface area contributed by atoms with E-state index >= 15 is 0 Å². The molecule has 0 aliphatic heterocycles. The minimum atomic E-state index is -0.598. The van der Waals surface area contributed by atoms with E-state index in [-0.39, 0.29) is 34.7 Å². The monoisotopic (exact) mass is 561 g/mol. The number of hydrogen-bond donors (Lipinski definition) is 1. The van der Waals surface area contributed by atoms with Crippen molar-refractivity contribution in [3.8, 4) is 17.3 Å². The number of carbonyl (C=O) groups excluding carboxylic acids is 2. The van der Waals surface area contributed by atoms with Crippen LogP contribution in [-0.2, 0) is 13.1 Å². The number of aromatic nitrogens is 5. The van der Waals surface area contributed by atoms with Crippen molar-refractivity contribution < 1.29 is 9.59 Å². The topological polar surface area (TPSA) is 136 Å². The predicted octanol–water partition coefficient (Wildman–Crippen LogP) is 4.33. The van der Waals surface area contributed by atoms with Crippen molar-refractivity contribution in [1.29, 1.82) is 5.26 Å². The molecule has 38 heavy (non-hydrogen) atoms. The summed E-state index contributed by atoms with van der Waals surface area (Å²) in [5, 5.41) is 19.1. The first kappa shape index (κ1) is 25.2. The number of Topliss-reactive ketones (excluding diaryl/α,β-unsaturated/α-hetero) is 1. The van der Waals surface area contributed by atoms with Gasteiger partial charge < -0.3 is 9.88 Å². The largest absolute Gasteiger partial charge is 0.365 e. The molecule has 0 fully saturated rings. The fraction of sp³-hybridized carbons (Fsp3) is 0.0800. The Morgan fingerprint density at radius 3 is 2.66 bits per heavy atom. The molecule has 188 valence electrons. The summed E-state index contributed by atoms with van der Waals surface area (Å²) in [7, 11) is 0. The van der Waals surface area contributed by atoms with Crippen LogP contribution in [0, 0.1) is 11.3 Å². The zero-order valence-corrected chi connectivity index (χ0v) is 21.8. The van der Waals surface area contributed by atoms with Crippen molar-refractivity contribution in [3.63, 3.8) is 0 Å². The van der Waals surface area contributed by atoms with E-state index in [0.717, 1.165) is 4.88 Å². The van der Waals surface area contributed by atoms with E-state index in [9.17, 15) is 19.6 Å². The summed E-state index contributed by atoms with van der Waals surface area (Å²) < 4.78 is 2.98. The third-order valence-electron chi connectivity index (χ3n) is 5.44. The molecule has 5 heterocycles. The van der Waals surface area contributed by atoms with Gasteiger partial charge in [-0.3, -0.25) is 14.4 Å². The van der Waals surface area contributed by atoms with E-state index in [1.807, 2.05) is 12.1 Å². The van der Waals surface area contributed by atoms with Gasteiger partial charge in [0.2, 0.25) is 0 Å². The molecule has 0 bridgehead atoms. The van der Waals surface area contributed by atoms with Gasteiger partial charge in [-0.15, -0.1) is 22.7 Å². The fourth-order valence-electron chi connectivity index (χ4n) is 3.64. The lowest BCUT2D eigenvalue weighted by molar-refractivity contribution is 0.0949. The first-order chi connectivity index (χ1) is 18.4. The lowest BCUT2D eigenvalue weighted by Gasteiger charge is -2.08. The summed E-state index contributed by atoms with van der Waals surface area (Å²) >= 11 is 8.68. The van der Waals surface area contributed by atoms with E-state index in [0.29, 0.717) is 21.6 Å². The molecule has 0 spiro atoms. The van der Waals surface area contributed by atoms with Crippen LogP contribution < -0.4 is 10.9 Å². The number of thiophene rings is 2. The Labute approximate surface area is 228 Å². The summed E-state index contributed by atoms with van der Waals surface area (Å²) in [6.45, 7) is 0.0714. The minimum Gasteiger partial charge on any atom is -0.365 e. The maximum absolute atomic E-state index is 13.5. The van der Waals surface area contributed by atoms with Crippen LogP contribution in [0.25, 0.3) is 11.3 Å². The summed E-state index contributed by atoms with van der Waals surface area (Å²) in [5.74, 6) is -0.440. The number of rotatable bonds is 8. The van der Waals surface area contributed by atoms with Crippen LogP contribution in [0.3, 0.4) is 0 Å². The van der Waals surface area contributed by atoms with Crippen LogP contribution in [0.15, 0.2) is 71.5 Å². The Morgan fingerprint density at radius 2 is 1.97 bits per heavy atom. The number of nitriles is 1. The Bertz CT molecular complexity index is 1730. The van der Waals surface area contributed by atoms with Gasteiger partial charge in [-0.2, -0.15) is 15.0 Å². The zero-order valence-electron chi connectivity index (χ0n) is 19.4. The highest BCUT2D eigenvalue weighted by Crippen LogP contribution is 2.26. The van der Waals surface area contributed by atoms with Gasteiger partial charge in [-0.05, 0) is 29.6 Å². The molecule has 0 amide bonds. The average molecular weight is 562 g/mol. The number of carbonyl (C=O) groups is 2. The number of ketones is 1. The first-order valence-electron chi connectivity index (χ1n) is 11.0. The van der Waals surface area contributed by atoms with Gasteiger partial charge in [-0.25, -0.2) is 9.97 Å². The number of halogens is 1. The molecule has 0 saturated carbocycles. The molecule has 5 aromatic rings. The van der Waals surface area contributed by atoms with Crippen LogP contribution in [0.4, 0.5) is 5.82 Å². The normalized spacial score (nSPS) is 10.7. The highest BCUT2D eigenvalue weighted by atomic mass is 35.5. The van der Waals surface area contributed by atoms with E-state index in [2.05, 4.69) is 20.4 Å². The quantitative estimate of drug-likeness (QED) is 0.276. The number of pyridine rings is 1. The summed E-state index contributed by atoms with van der Waals surface area (Å²) in [6.07, 6.45) is 5.40. The van der Waals surface area contributed by atoms with Crippen molar-refractivity contribution in [2.75, 3.05) is 5.32 Å². The Hall–Kier alpha value is -4.44. The molecule has 0 aliphatic carbocycles. The van der Waals surface area contributed by atoms with Crippen molar-refractivity contribution in [2.45, 2.75) is 13.1 Å². The van der Waals surface area contributed by atoms with Crippen molar-refractivity contribution in [2.24, 2.45) is 0 Å². The van der Waals surface area contributed by atoms with Crippen molar-refractivity contribution >= 4 is 51.8 Å². The maximum atomic E-state index is 13.5. The molecule has 0 atom stereocenters. The Kier molecular flexibility index (Phi) is 7.23. The van der Waals surface area contributed by atoms with Crippen LogP contribution in [0.1, 0.15) is 30.5 Å². The molecular formula is C25H16ClN7O3S2. The lowest BCUT2D eigenvalue weighted by Crippen LogP contribution is -2.26. The van der Waals surface area contributed by atoms with Crippen LogP contribution >= 0.6 is 34.3 Å². The van der Waals surface area contributed by atoms with Crippen molar-refractivity contribution in [3.05, 3.63) is 102 Å². The smallest absolute Gasteiger partial charge is 0.290 e. The highest BCUT2D eigenvalue weighted by molar-refractivity contribution is 7.16. The van der Waals surface area contributed by atoms with Gasteiger partial charge in [0.25, 0.3) is 11.5 Å². The van der Waals surface area contributed by atoms with Gasteiger partial charge in [0.05, 0.1) is 39.0 Å². The van der Waals surface area contributed by atoms with E-state index in [4.69, 9.17) is 11.6 Å². The molecule has 0 aromatic carbocycles. The summed E-state index contributed by atoms with van der Waals surface area (Å²) in [5.41, 5.74) is -0.193. The van der Waals surface area contributed by atoms with E-state index < -0.39 is 11.5 Å². The third-order valence-corrected chi connectivity index (χ3v) is 7.53. The zero-order chi connectivity index (χ0) is 26.6. The molecule has 10 nitrogen and oxygen atoms in total. The average Bonchev–Trinajstić information content (AvgIpc) is 3.70. The van der Waals surface area contributed by atoms with Gasteiger partial charge >= 0.3 is 0 Å². The number of nitrogens with one attached hydrogen (secondary N) is 1. The second-order valence-electron chi connectivity index (χ2n) is 7.87. The molecule has 1 N–H and O–H groups in total. The lowest BCUT2D eigenvalue weighted by atomic mass is 10.1. The molecule has 0 radical (unpaired) electrons. The van der Waals surface area contributed by atoms with Gasteiger partial charge in [0.1, 0.15) is 23.9 Å². The second-order valence-corrected chi connectivity index (χ2v) is 10.6. The predicted molar refractivity (Wildman–Crippen MR) is 144 cm³/mol. The molecular weight excluding hydrogens is 546 g/mol. The standard InChI is InChI=1S/C25H16ClN7O3S2/c26-21-4-3-17(38-21)12-30-22-8-18(31-33(22)24(35)20-2-1-7-37-20)23-15(9-27)5-6-32(25(23)36)13-19(34)16-10-28-14-29-11-16/h1-8,10-11,14,30H,12-13H2. The van der Waals surface area contributed by atoms with Gasteiger partial charge in [-0.1, -0.05) is 17.7 Å². The van der Waals surface area contributed by atoms with Crippen LogP contribution in [0.2, 0.25) is 4.34 Å². The SMILES string of the molecule is N#Cc1ccn(CC(=O)c2cncnc2)c(=O)c1-c1cc(NCc2ccc(Cl)s2)n(C(=O)c2cccs2)n1. The first-order valence-corrected chi connectivity index (χ1v) is 13.1. The Balaban J connectivity index is 1.55. The Morgan fingerprint density at radius 1 is 1.16 bits per heavy atom. The summed E-state index contributed by atoms with van der Waals surface area (Å²) in [4.78, 5) is 48.4. The molecule has 0 saturated heterocycles. The van der Waals surface area contributed by atoms with Gasteiger partial charge in [0, 0.05) is 29.5 Å². The molecule has 13 heteroatoms. The molecule has 0 aliphatic rings. The highest BCUT2D eigenvalue weighted by Gasteiger charge is 2.22. The third kappa shape index (κ3) is 5.16. The van der Waals surface area contributed by atoms with E-state index in [1.54, 1.807) is 23.6 Å².